The number of carbonyl (C=O) groups is 3. The van der Waals surface area contributed by atoms with Crippen molar-refractivity contribution in [3.8, 4) is 11.4 Å². The highest BCUT2D eigenvalue weighted by Gasteiger charge is 2.27. The maximum Gasteiger partial charge on any atom is 0.287 e. The number of benzene rings is 1. The van der Waals surface area contributed by atoms with Crippen molar-refractivity contribution in [3.63, 3.8) is 0 Å². The lowest BCUT2D eigenvalue weighted by atomic mass is 10.0. The van der Waals surface area contributed by atoms with Gasteiger partial charge in [0.25, 0.3) is 11.8 Å². The molecule has 0 bridgehead atoms. The third kappa shape index (κ3) is 4.42. The number of hydrogen-bond donors (Lipinski definition) is 2. The molecule has 136 valence electrons. The van der Waals surface area contributed by atoms with E-state index in [-0.39, 0.29) is 12.0 Å². The molecule has 1 unspecified atom stereocenters. The number of amides is 2. The molecule has 3 rings (SSSR count). The molecule has 1 atom stereocenters. The quantitative estimate of drug-likeness (QED) is 0.604. The van der Waals surface area contributed by atoms with Gasteiger partial charge in [-0.3, -0.25) is 19.4 Å². The van der Waals surface area contributed by atoms with E-state index in [1.165, 1.54) is 0 Å². The molecule has 27 heavy (non-hydrogen) atoms. The normalized spacial score (nSPS) is 11.6. The van der Waals surface area contributed by atoms with E-state index < -0.39 is 23.6 Å². The van der Waals surface area contributed by atoms with Crippen molar-refractivity contribution in [2.24, 2.45) is 5.73 Å². The van der Waals surface area contributed by atoms with Crippen LogP contribution in [0.5, 0.6) is 0 Å². The molecule has 3 aromatic rings. The van der Waals surface area contributed by atoms with Crippen LogP contribution in [0.4, 0.5) is 0 Å². The van der Waals surface area contributed by atoms with E-state index in [4.69, 9.17) is 5.73 Å². The molecule has 2 heterocycles. The number of carbonyl (C=O) groups excluding carboxylic acids is 3. The number of ketones is 1. The topological polar surface area (TPSA) is 115 Å². The number of nitrogens with two attached hydrogens (primary N) is 1. The molecule has 3 N–H and O–H groups in total. The minimum atomic E-state index is -1.09. The number of nitrogens with one attached hydrogen (secondary N) is 1. The number of rotatable bonds is 7. The molecule has 0 fully saturated rings. The second kappa shape index (κ2) is 8.33. The summed E-state index contributed by atoms with van der Waals surface area (Å²) in [6.45, 7) is 0. The van der Waals surface area contributed by atoms with Crippen LogP contribution in [0.15, 0.2) is 60.1 Å². The van der Waals surface area contributed by atoms with E-state index in [1.807, 2.05) is 18.2 Å². The van der Waals surface area contributed by atoms with Crippen LogP contribution in [-0.4, -0.2) is 33.0 Å². The van der Waals surface area contributed by atoms with Crippen LogP contribution in [0.2, 0.25) is 0 Å². The first-order valence-electron chi connectivity index (χ1n) is 8.10. The zero-order chi connectivity index (χ0) is 19.2. The predicted molar refractivity (Wildman–Crippen MR) is 101 cm³/mol. The van der Waals surface area contributed by atoms with Gasteiger partial charge in [0.1, 0.15) is 11.7 Å². The highest BCUT2D eigenvalue weighted by Crippen LogP contribution is 2.22. The third-order valence-corrected chi connectivity index (χ3v) is 4.50. The molecule has 1 aromatic carbocycles. The molecular weight excluding hydrogens is 364 g/mol. The van der Waals surface area contributed by atoms with Crippen LogP contribution in [0.3, 0.4) is 0 Å². The lowest BCUT2D eigenvalue weighted by Gasteiger charge is -2.16. The number of primary amides is 1. The second-order valence-electron chi connectivity index (χ2n) is 5.74. The fourth-order valence-corrected chi connectivity index (χ4v) is 3.23. The molecule has 0 saturated heterocycles. The van der Waals surface area contributed by atoms with Gasteiger partial charge in [-0.25, -0.2) is 0 Å². The Labute approximate surface area is 159 Å². The SMILES string of the molecule is NC(=O)C(=O)C(Cc1ccccc1)NC(=O)c1csnc1-c1ccccn1. The van der Waals surface area contributed by atoms with Crippen LogP contribution in [-0.2, 0) is 16.0 Å². The van der Waals surface area contributed by atoms with Crippen LogP contribution in [0.1, 0.15) is 15.9 Å². The Bertz CT molecular complexity index is 957. The Hall–Kier alpha value is -3.39. The first kappa shape index (κ1) is 18.4. The van der Waals surface area contributed by atoms with Crippen LogP contribution in [0.25, 0.3) is 11.4 Å². The van der Waals surface area contributed by atoms with Crippen molar-refractivity contribution in [2.75, 3.05) is 0 Å². The van der Waals surface area contributed by atoms with Gasteiger partial charge >= 0.3 is 0 Å². The van der Waals surface area contributed by atoms with Crippen molar-refractivity contribution in [2.45, 2.75) is 12.5 Å². The zero-order valence-corrected chi connectivity index (χ0v) is 15.0. The van der Waals surface area contributed by atoms with Gasteiger partial charge in [0.15, 0.2) is 0 Å². The standard InChI is InChI=1S/C19H16N4O3S/c20-18(25)17(24)15(10-12-6-2-1-3-7-12)22-19(26)13-11-27-23-16(13)14-8-4-5-9-21-14/h1-9,11,15H,10H2,(H2,20,25)(H,22,26). The average Bonchev–Trinajstić information content (AvgIpc) is 3.18. The van der Waals surface area contributed by atoms with E-state index in [0.29, 0.717) is 11.4 Å². The van der Waals surface area contributed by atoms with E-state index in [1.54, 1.807) is 41.9 Å². The van der Waals surface area contributed by atoms with Crippen molar-refractivity contribution in [3.05, 3.63) is 71.2 Å². The lowest BCUT2D eigenvalue weighted by molar-refractivity contribution is -0.137. The summed E-state index contributed by atoms with van der Waals surface area (Å²) < 4.78 is 4.22. The van der Waals surface area contributed by atoms with Gasteiger partial charge in [0.2, 0.25) is 5.78 Å². The molecule has 2 aromatic heterocycles. The van der Waals surface area contributed by atoms with Crippen molar-refractivity contribution in [1.29, 1.82) is 0 Å². The highest BCUT2D eigenvalue weighted by molar-refractivity contribution is 7.04. The number of aromatic nitrogens is 2. The van der Waals surface area contributed by atoms with Crippen molar-refractivity contribution >= 4 is 29.1 Å². The van der Waals surface area contributed by atoms with Crippen LogP contribution < -0.4 is 11.1 Å². The van der Waals surface area contributed by atoms with Crippen LogP contribution >= 0.6 is 11.5 Å². The summed E-state index contributed by atoms with van der Waals surface area (Å²) in [6, 6.07) is 13.3. The molecule has 0 aliphatic rings. The van der Waals surface area contributed by atoms with E-state index in [0.717, 1.165) is 17.1 Å². The van der Waals surface area contributed by atoms with Gasteiger partial charge in [0, 0.05) is 18.0 Å². The zero-order valence-electron chi connectivity index (χ0n) is 14.2. The Kier molecular flexibility index (Phi) is 5.68. The van der Waals surface area contributed by atoms with Crippen molar-refractivity contribution in [1.82, 2.24) is 14.7 Å². The lowest BCUT2D eigenvalue weighted by Crippen LogP contribution is -2.47. The minimum Gasteiger partial charge on any atom is -0.363 e. The fourth-order valence-electron chi connectivity index (χ4n) is 2.55. The summed E-state index contributed by atoms with van der Waals surface area (Å²) in [5.74, 6) is -2.46. The Morgan fingerprint density at radius 1 is 1.07 bits per heavy atom. The summed E-state index contributed by atoms with van der Waals surface area (Å²) in [5, 5.41) is 4.19. The van der Waals surface area contributed by atoms with Gasteiger partial charge in [-0.2, -0.15) is 4.37 Å². The van der Waals surface area contributed by atoms with E-state index >= 15 is 0 Å². The predicted octanol–water partition coefficient (Wildman–Crippen LogP) is 1.60. The molecule has 0 aliphatic heterocycles. The largest absolute Gasteiger partial charge is 0.363 e. The molecule has 7 nitrogen and oxygen atoms in total. The summed E-state index contributed by atoms with van der Waals surface area (Å²) >= 11 is 1.11. The Morgan fingerprint density at radius 3 is 2.48 bits per heavy atom. The van der Waals surface area contributed by atoms with Gasteiger partial charge in [-0.15, -0.1) is 0 Å². The number of pyridine rings is 1. The molecule has 0 saturated carbocycles. The number of nitrogens with zero attached hydrogens (tertiary/aromatic N) is 2. The van der Waals surface area contributed by atoms with E-state index in [2.05, 4.69) is 14.7 Å². The fraction of sp³-hybridized carbons (Fsp3) is 0.105. The number of Topliss-reactive ketones (excluding diaryl/α,β-unsaturated/α-hetero) is 1. The highest BCUT2D eigenvalue weighted by atomic mass is 32.1. The van der Waals surface area contributed by atoms with Crippen molar-refractivity contribution < 1.29 is 14.4 Å². The van der Waals surface area contributed by atoms with E-state index in [9.17, 15) is 14.4 Å². The minimum absolute atomic E-state index is 0.158. The molecule has 0 radical (unpaired) electrons. The summed E-state index contributed by atoms with van der Waals surface area (Å²) in [5.41, 5.74) is 7.19. The number of hydrogen-bond acceptors (Lipinski definition) is 6. The summed E-state index contributed by atoms with van der Waals surface area (Å²) in [6.07, 6.45) is 1.76. The third-order valence-electron chi connectivity index (χ3n) is 3.87. The average molecular weight is 380 g/mol. The smallest absolute Gasteiger partial charge is 0.287 e. The molecule has 0 spiro atoms. The van der Waals surface area contributed by atoms with Crippen LogP contribution in [0, 0.1) is 0 Å². The summed E-state index contributed by atoms with van der Waals surface area (Å²) in [7, 11) is 0. The Balaban J connectivity index is 1.84. The first-order valence-corrected chi connectivity index (χ1v) is 8.94. The molecule has 2 amide bonds. The Morgan fingerprint density at radius 2 is 1.81 bits per heavy atom. The van der Waals surface area contributed by atoms with Gasteiger partial charge in [0.05, 0.1) is 11.3 Å². The molecular formula is C19H16N4O3S. The van der Waals surface area contributed by atoms with Gasteiger partial charge in [-0.05, 0) is 29.2 Å². The maximum atomic E-state index is 12.8. The van der Waals surface area contributed by atoms with Gasteiger partial charge in [-0.1, -0.05) is 36.4 Å². The molecule has 0 aliphatic carbocycles. The monoisotopic (exact) mass is 380 g/mol. The van der Waals surface area contributed by atoms with Gasteiger partial charge < -0.3 is 11.1 Å². The molecule has 8 heteroatoms. The maximum absolute atomic E-state index is 12.8. The first-order chi connectivity index (χ1) is 13.1. The summed E-state index contributed by atoms with van der Waals surface area (Å²) in [4.78, 5) is 40.5. The second-order valence-corrected chi connectivity index (χ2v) is 6.37.